The number of rotatable bonds is 5. The topological polar surface area (TPSA) is 72.1 Å². The molecular formula is C21H22N4O2S. The highest BCUT2D eigenvalue weighted by molar-refractivity contribution is 7.98. The van der Waals surface area contributed by atoms with Gasteiger partial charge in [-0.1, -0.05) is 17.8 Å². The van der Waals surface area contributed by atoms with Crippen molar-refractivity contribution in [3.05, 3.63) is 71.2 Å². The normalized spacial score (nSPS) is 16.5. The van der Waals surface area contributed by atoms with Crippen LogP contribution in [0.5, 0.6) is 0 Å². The monoisotopic (exact) mass is 394 g/mol. The smallest absolute Gasteiger partial charge is 0.290 e. The minimum absolute atomic E-state index is 0.0142. The predicted molar refractivity (Wildman–Crippen MR) is 107 cm³/mol. The number of carbonyl (C=O) groups is 1. The number of nitrogens with zero attached hydrogens (tertiary/aromatic N) is 4. The van der Waals surface area contributed by atoms with E-state index in [0.717, 1.165) is 47.4 Å². The Hall–Kier alpha value is -2.67. The molecule has 7 heteroatoms. The highest BCUT2D eigenvalue weighted by Crippen LogP contribution is 2.32. The lowest BCUT2D eigenvalue weighted by molar-refractivity contribution is 0.0699. The number of thioether (sulfide) groups is 1. The third-order valence-electron chi connectivity index (χ3n) is 4.72. The molecule has 1 amide bonds. The van der Waals surface area contributed by atoms with Crippen molar-refractivity contribution in [2.75, 3.05) is 6.54 Å². The predicted octanol–water partition coefficient (Wildman–Crippen LogP) is 4.35. The zero-order valence-electron chi connectivity index (χ0n) is 16.0. The highest BCUT2D eigenvalue weighted by atomic mass is 32.2. The van der Waals surface area contributed by atoms with Crippen molar-refractivity contribution in [1.29, 1.82) is 0 Å². The summed E-state index contributed by atoms with van der Waals surface area (Å²) < 4.78 is 5.84. The first-order chi connectivity index (χ1) is 13.6. The third-order valence-corrected chi connectivity index (χ3v) is 5.59. The summed E-state index contributed by atoms with van der Waals surface area (Å²) in [6, 6.07) is 11.4. The number of amides is 1. The number of hydrogen-bond donors (Lipinski definition) is 0. The van der Waals surface area contributed by atoms with Crippen molar-refractivity contribution < 1.29 is 9.21 Å². The molecule has 0 aliphatic carbocycles. The van der Waals surface area contributed by atoms with Crippen molar-refractivity contribution in [2.45, 2.75) is 43.6 Å². The summed E-state index contributed by atoms with van der Waals surface area (Å²) in [7, 11) is 0. The molecule has 3 aromatic rings. The van der Waals surface area contributed by atoms with E-state index in [9.17, 15) is 4.79 Å². The Balaban J connectivity index is 1.44. The molecule has 28 heavy (non-hydrogen) atoms. The molecular weight excluding hydrogens is 372 g/mol. The maximum Gasteiger partial charge on any atom is 0.290 e. The van der Waals surface area contributed by atoms with Crippen LogP contribution in [0, 0.1) is 13.8 Å². The van der Waals surface area contributed by atoms with Gasteiger partial charge in [-0.15, -0.1) is 0 Å². The van der Waals surface area contributed by atoms with Crippen LogP contribution in [0.25, 0.3) is 0 Å². The summed E-state index contributed by atoms with van der Waals surface area (Å²) in [5.41, 5.74) is 2.82. The van der Waals surface area contributed by atoms with Gasteiger partial charge in [0.2, 0.25) is 0 Å². The van der Waals surface area contributed by atoms with Crippen LogP contribution in [-0.4, -0.2) is 32.3 Å². The Labute approximate surface area is 168 Å². The average molecular weight is 395 g/mol. The van der Waals surface area contributed by atoms with Gasteiger partial charge < -0.3 is 9.32 Å². The zero-order chi connectivity index (χ0) is 19.5. The fourth-order valence-electron chi connectivity index (χ4n) is 3.50. The quantitative estimate of drug-likeness (QED) is 0.473. The average Bonchev–Trinajstić information content (AvgIpc) is 3.35. The van der Waals surface area contributed by atoms with Crippen LogP contribution in [0.15, 0.2) is 52.2 Å². The number of likely N-dealkylation sites (tertiary alicyclic amines) is 1. The van der Waals surface area contributed by atoms with Gasteiger partial charge in [0.15, 0.2) is 10.9 Å². The number of hydrogen-bond acceptors (Lipinski definition) is 6. The van der Waals surface area contributed by atoms with Crippen LogP contribution in [0.4, 0.5) is 0 Å². The van der Waals surface area contributed by atoms with Crippen molar-refractivity contribution in [2.24, 2.45) is 0 Å². The van der Waals surface area contributed by atoms with Gasteiger partial charge in [0.25, 0.3) is 5.91 Å². The summed E-state index contributed by atoms with van der Waals surface area (Å²) in [5, 5.41) is 0.719. The van der Waals surface area contributed by atoms with E-state index in [2.05, 4.69) is 15.0 Å². The van der Waals surface area contributed by atoms with Gasteiger partial charge in [-0.2, -0.15) is 0 Å². The van der Waals surface area contributed by atoms with Gasteiger partial charge in [-0.3, -0.25) is 9.78 Å². The molecule has 1 saturated heterocycles. The van der Waals surface area contributed by atoms with E-state index in [1.807, 2.05) is 49.1 Å². The van der Waals surface area contributed by atoms with Crippen LogP contribution >= 0.6 is 11.8 Å². The summed E-state index contributed by atoms with van der Waals surface area (Å²) in [6.45, 7) is 4.63. The van der Waals surface area contributed by atoms with Crippen LogP contribution < -0.4 is 0 Å². The maximum atomic E-state index is 13.0. The van der Waals surface area contributed by atoms with E-state index in [1.165, 1.54) is 11.8 Å². The number of carbonyl (C=O) groups excluding carboxylic acids is 1. The molecule has 6 nitrogen and oxygen atoms in total. The molecule has 0 saturated carbocycles. The van der Waals surface area contributed by atoms with Crippen molar-refractivity contribution in [1.82, 2.24) is 19.9 Å². The molecule has 1 aliphatic heterocycles. The first-order valence-corrected chi connectivity index (χ1v) is 10.3. The van der Waals surface area contributed by atoms with E-state index in [4.69, 9.17) is 4.42 Å². The molecule has 0 radical (unpaired) electrons. The van der Waals surface area contributed by atoms with E-state index in [1.54, 1.807) is 12.3 Å². The highest BCUT2D eigenvalue weighted by Gasteiger charge is 2.32. The lowest BCUT2D eigenvalue weighted by Crippen LogP contribution is -2.30. The molecule has 144 valence electrons. The summed E-state index contributed by atoms with van der Waals surface area (Å²) in [5.74, 6) is 1.62. The second-order valence-corrected chi connectivity index (χ2v) is 7.84. The first kappa shape index (κ1) is 18.7. The molecule has 0 aromatic carbocycles. The zero-order valence-corrected chi connectivity index (χ0v) is 16.8. The fraction of sp³-hybridized carbons (Fsp3) is 0.333. The molecule has 4 rings (SSSR count). The molecule has 1 unspecified atom stereocenters. The van der Waals surface area contributed by atoms with E-state index in [-0.39, 0.29) is 11.9 Å². The van der Waals surface area contributed by atoms with Gasteiger partial charge in [0, 0.05) is 24.1 Å². The number of furan rings is 1. The van der Waals surface area contributed by atoms with E-state index < -0.39 is 0 Å². The van der Waals surface area contributed by atoms with Crippen LogP contribution in [0.2, 0.25) is 0 Å². The molecule has 4 heterocycles. The van der Waals surface area contributed by atoms with Crippen LogP contribution in [-0.2, 0) is 5.75 Å². The lowest BCUT2D eigenvalue weighted by atomic mass is 10.1. The Morgan fingerprint density at radius 3 is 2.79 bits per heavy atom. The standard InChI is InChI=1S/C21H22N4O2S/c1-14-12-15(2)24-21(23-14)28-13-16-8-9-19(27-16)20(26)25-11-5-7-18(25)17-6-3-4-10-22-17/h3-4,6,8-10,12,18H,5,7,11,13H2,1-2H3. The third kappa shape index (κ3) is 4.09. The summed E-state index contributed by atoms with van der Waals surface area (Å²) >= 11 is 1.51. The lowest BCUT2D eigenvalue weighted by Gasteiger charge is -2.23. The number of aryl methyl sites for hydroxylation is 2. The molecule has 0 N–H and O–H groups in total. The molecule has 1 aliphatic rings. The SMILES string of the molecule is Cc1cc(C)nc(SCc2ccc(C(=O)N3CCCC3c3ccccn3)o2)n1. The second-order valence-electron chi connectivity index (χ2n) is 6.90. The molecule has 1 fully saturated rings. The molecule has 1 atom stereocenters. The summed E-state index contributed by atoms with van der Waals surface area (Å²) in [4.78, 5) is 28.1. The number of aromatic nitrogens is 3. The van der Waals surface area contributed by atoms with Gasteiger partial charge in [-0.25, -0.2) is 9.97 Å². The number of pyridine rings is 1. The van der Waals surface area contributed by atoms with E-state index >= 15 is 0 Å². The summed E-state index contributed by atoms with van der Waals surface area (Å²) in [6.07, 6.45) is 3.67. The van der Waals surface area contributed by atoms with Crippen molar-refractivity contribution in [3.8, 4) is 0 Å². The van der Waals surface area contributed by atoms with Crippen molar-refractivity contribution >= 4 is 17.7 Å². The Bertz CT molecular complexity index is 953. The molecule has 0 spiro atoms. The van der Waals surface area contributed by atoms with Crippen molar-refractivity contribution in [3.63, 3.8) is 0 Å². The second kappa shape index (κ2) is 8.14. The first-order valence-electron chi connectivity index (χ1n) is 9.36. The van der Waals surface area contributed by atoms with Crippen LogP contribution in [0.1, 0.15) is 52.3 Å². The van der Waals surface area contributed by atoms with Gasteiger partial charge >= 0.3 is 0 Å². The Kier molecular flexibility index (Phi) is 5.43. The largest absolute Gasteiger partial charge is 0.455 e. The van der Waals surface area contributed by atoms with Gasteiger partial charge in [0.1, 0.15) is 5.76 Å². The van der Waals surface area contributed by atoms with Gasteiger partial charge in [-0.05, 0) is 57.0 Å². The van der Waals surface area contributed by atoms with E-state index in [0.29, 0.717) is 11.5 Å². The minimum Gasteiger partial charge on any atom is -0.455 e. The minimum atomic E-state index is -0.0768. The Morgan fingerprint density at radius 2 is 2.04 bits per heavy atom. The molecule has 0 bridgehead atoms. The van der Waals surface area contributed by atoms with Crippen LogP contribution in [0.3, 0.4) is 0 Å². The fourth-order valence-corrected chi connectivity index (χ4v) is 4.34. The molecule has 3 aromatic heterocycles. The maximum absolute atomic E-state index is 13.0. The van der Waals surface area contributed by atoms with Gasteiger partial charge in [0.05, 0.1) is 17.5 Å². The Morgan fingerprint density at radius 1 is 1.21 bits per heavy atom.